The van der Waals surface area contributed by atoms with E-state index in [2.05, 4.69) is 17.1 Å². The third-order valence-corrected chi connectivity index (χ3v) is 6.93. The summed E-state index contributed by atoms with van der Waals surface area (Å²) in [7, 11) is 0. The van der Waals surface area contributed by atoms with Gasteiger partial charge in [0.25, 0.3) is 5.91 Å². The molecule has 0 aliphatic carbocycles. The number of benzene rings is 3. The first kappa shape index (κ1) is 22.9. The Labute approximate surface area is 204 Å². The smallest absolute Gasteiger partial charge is 0.329 e. The van der Waals surface area contributed by atoms with Gasteiger partial charge in [-0.25, -0.2) is 4.79 Å². The van der Waals surface area contributed by atoms with E-state index in [4.69, 9.17) is 5.73 Å². The van der Waals surface area contributed by atoms with E-state index >= 15 is 0 Å². The van der Waals surface area contributed by atoms with Crippen LogP contribution in [0.15, 0.2) is 77.6 Å². The van der Waals surface area contributed by atoms with Crippen LogP contribution in [-0.4, -0.2) is 39.6 Å². The molecule has 5 rings (SSSR count). The fourth-order valence-corrected chi connectivity index (χ4v) is 5.02. The molecule has 180 valence electrons. The van der Waals surface area contributed by atoms with Crippen molar-refractivity contribution in [2.24, 2.45) is 0 Å². The van der Waals surface area contributed by atoms with Gasteiger partial charge < -0.3 is 16.0 Å². The van der Waals surface area contributed by atoms with Gasteiger partial charge in [-0.3, -0.25) is 13.9 Å². The number of aromatic nitrogens is 2. The number of para-hydroxylation sites is 4. The maximum Gasteiger partial charge on any atom is 0.329 e. The molecule has 0 unspecified atom stereocenters. The third-order valence-electron chi connectivity index (χ3n) is 6.93. The maximum absolute atomic E-state index is 13.6. The van der Waals surface area contributed by atoms with Crippen LogP contribution in [0.3, 0.4) is 0 Å². The molecule has 0 bridgehead atoms. The summed E-state index contributed by atoms with van der Waals surface area (Å²) in [4.78, 5) is 28.7. The summed E-state index contributed by atoms with van der Waals surface area (Å²) in [5.74, 6) is -0.221. The lowest BCUT2D eigenvalue weighted by atomic mass is 10.1. The predicted octanol–water partition coefficient (Wildman–Crippen LogP) is 4.34. The Hall–Kier alpha value is -3.84. The molecule has 35 heavy (non-hydrogen) atoms. The van der Waals surface area contributed by atoms with Crippen LogP contribution < -0.4 is 16.7 Å². The van der Waals surface area contributed by atoms with Crippen molar-refractivity contribution in [1.82, 2.24) is 14.0 Å². The number of nitrogen functional groups attached to an aromatic ring is 1. The third kappa shape index (κ3) is 4.59. The lowest BCUT2D eigenvalue weighted by Crippen LogP contribution is -2.39. The molecule has 1 amide bonds. The Morgan fingerprint density at radius 1 is 1.00 bits per heavy atom. The number of hydrogen-bond acceptors (Lipinski definition) is 4. The number of amides is 1. The molecule has 2 heterocycles. The van der Waals surface area contributed by atoms with Crippen LogP contribution >= 0.6 is 0 Å². The summed E-state index contributed by atoms with van der Waals surface area (Å²) < 4.78 is 3.84. The zero-order valence-corrected chi connectivity index (χ0v) is 20.0. The highest BCUT2D eigenvalue weighted by molar-refractivity contribution is 6.05. The Balaban J connectivity index is 1.40. The zero-order chi connectivity index (χ0) is 24.4. The highest BCUT2D eigenvalue weighted by Gasteiger charge is 2.25. The Morgan fingerprint density at radius 3 is 2.46 bits per heavy atom. The number of anilines is 2. The molecular formula is C28H31N5O2. The number of likely N-dealkylation sites (N-methyl/N-ethyl adjacent to an activating group) is 1. The van der Waals surface area contributed by atoms with Gasteiger partial charge >= 0.3 is 5.69 Å². The summed E-state index contributed by atoms with van der Waals surface area (Å²) in [5, 5.41) is 2.85. The number of likely N-dealkylation sites (tertiary alicyclic amines) is 1. The molecule has 3 N–H and O–H groups in total. The molecule has 7 heteroatoms. The van der Waals surface area contributed by atoms with Gasteiger partial charge in [0.05, 0.1) is 35.0 Å². The second-order valence-corrected chi connectivity index (χ2v) is 9.16. The summed E-state index contributed by atoms with van der Waals surface area (Å²) >= 11 is 0. The van der Waals surface area contributed by atoms with Crippen molar-refractivity contribution in [2.75, 3.05) is 30.7 Å². The Kier molecular flexibility index (Phi) is 6.42. The average Bonchev–Trinajstić information content (AvgIpc) is 3.17. The number of imidazole rings is 1. The van der Waals surface area contributed by atoms with E-state index in [0.29, 0.717) is 23.5 Å². The number of carbonyl (C=O) groups excluding carboxylic acids is 1. The predicted molar refractivity (Wildman–Crippen MR) is 141 cm³/mol. The van der Waals surface area contributed by atoms with E-state index in [1.165, 1.54) is 0 Å². The van der Waals surface area contributed by atoms with E-state index in [-0.39, 0.29) is 17.6 Å². The summed E-state index contributed by atoms with van der Waals surface area (Å²) in [5.41, 5.74) is 10.5. The first-order chi connectivity index (χ1) is 17.0. The fraction of sp³-hybridized carbons (Fsp3) is 0.286. The number of nitrogens with one attached hydrogen (secondary N) is 1. The number of carbonyl (C=O) groups is 1. The van der Waals surface area contributed by atoms with Gasteiger partial charge in [0.1, 0.15) is 0 Å². The lowest BCUT2D eigenvalue weighted by Gasteiger charge is -2.32. The van der Waals surface area contributed by atoms with Gasteiger partial charge in [-0.1, -0.05) is 43.3 Å². The Bertz CT molecular complexity index is 1400. The molecule has 1 atom stereocenters. The van der Waals surface area contributed by atoms with Gasteiger partial charge in [0.2, 0.25) is 0 Å². The van der Waals surface area contributed by atoms with Crippen LogP contribution in [0.2, 0.25) is 0 Å². The lowest BCUT2D eigenvalue weighted by molar-refractivity contribution is 0.102. The van der Waals surface area contributed by atoms with E-state index < -0.39 is 0 Å². The van der Waals surface area contributed by atoms with Crippen molar-refractivity contribution in [2.45, 2.75) is 32.4 Å². The van der Waals surface area contributed by atoms with Crippen LogP contribution in [-0.2, 0) is 6.54 Å². The van der Waals surface area contributed by atoms with Crippen LogP contribution in [0.5, 0.6) is 0 Å². The Morgan fingerprint density at radius 2 is 1.71 bits per heavy atom. The fourth-order valence-electron chi connectivity index (χ4n) is 5.02. The van der Waals surface area contributed by atoms with Gasteiger partial charge in [0.15, 0.2) is 0 Å². The van der Waals surface area contributed by atoms with Crippen LogP contribution in [0.25, 0.3) is 11.0 Å². The largest absolute Gasteiger partial charge is 0.397 e. The maximum atomic E-state index is 13.6. The first-order valence-electron chi connectivity index (χ1n) is 12.2. The second-order valence-electron chi connectivity index (χ2n) is 9.16. The van der Waals surface area contributed by atoms with E-state index in [0.717, 1.165) is 49.1 Å². The molecule has 4 aromatic rings. The molecule has 0 radical (unpaired) electrons. The molecule has 0 spiro atoms. The van der Waals surface area contributed by atoms with Crippen molar-refractivity contribution in [3.05, 3.63) is 94.4 Å². The normalized spacial score (nSPS) is 16.4. The van der Waals surface area contributed by atoms with Gasteiger partial charge in [-0.2, -0.15) is 0 Å². The standard InChI is InChI=1S/C28H31N5O2/c1-2-31-17-7-8-22(19-31)33-26-12-6-5-11-25(26)32(28(33)35)18-20-13-15-21(16-14-20)27(34)30-24-10-4-3-9-23(24)29/h3-6,9-16,22H,2,7-8,17-19,29H2,1H3,(H,30,34)/t22-/m1/s1. The number of rotatable bonds is 6. The molecule has 1 fully saturated rings. The minimum atomic E-state index is -0.221. The molecule has 1 aromatic heterocycles. The number of piperidine rings is 1. The molecule has 1 aliphatic rings. The van der Waals surface area contributed by atoms with Gasteiger partial charge in [0, 0.05) is 12.1 Å². The highest BCUT2D eigenvalue weighted by atomic mass is 16.2. The number of fused-ring (bicyclic) bond motifs is 1. The van der Waals surface area contributed by atoms with Crippen molar-refractivity contribution in [3.63, 3.8) is 0 Å². The van der Waals surface area contributed by atoms with E-state index in [1.54, 1.807) is 24.3 Å². The summed E-state index contributed by atoms with van der Waals surface area (Å²) in [6.45, 7) is 5.62. The molecule has 7 nitrogen and oxygen atoms in total. The van der Waals surface area contributed by atoms with Gasteiger partial charge in [-0.15, -0.1) is 0 Å². The first-order valence-corrected chi connectivity index (χ1v) is 12.2. The molecule has 0 saturated carbocycles. The monoisotopic (exact) mass is 469 g/mol. The highest BCUT2D eigenvalue weighted by Crippen LogP contribution is 2.25. The van der Waals surface area contributed by atoms with Crippen molar-refractivity contribution in [3.8, 4) is 0 Å². The second kappa shape index (κ2) is 9.80. The minimum absolute atomic E-state index is 0.0236. The van der Waals surface area contributed by atoms with Crippen LogP contribution in [0.1, 0.15) is 41.7 Å². The molecule has 3 aromatic carbocycles. The van der Waals surface area contributed by atoms with Gasteiger partial charge in [-0.05, 0) is 67.9 Å². The average molecular weight is 470 g/mol. The zero-order valence-electron chi connectivity index (χ0n) is 20.0. The van der Waals surface area contributed by atoms with E-state index in [9.17, 15) is 9.59 Å². The minimum Gasteiger partial charge on any atom is -0.397 e. The van der Waals surface area contributed by atoms with Crippen LogP contribution in [0, 0.1) is 0 Å². The number of nitrogens with zero attached hydrogens (tertiary/aromatic N) is 3. The molecule has 1 saturated heterocycles. The topological polar surface area (TPSA) is 85.3 Å². The van der Waals surface area contributed by atoms with Crippen molar-refractivity contribution < 1.29 is 4.79 Å². The quantitative estimate of drug-likeness (QED) is 0.411. The SMILES string of the molecule is CCN1CCC[C@@H](n2c(=O)n(Cc3ccc(C(=O)Nc4ccccc4N)cc3)c3ccccc32)C1. The summed E-state index contributed by atoms with van der Waals surface area (Å²) in [6, 6.07) is 22.8. The molecular weight excluding hydrogens is 438 g/mol. The molecule has 1 aliphatic heterocycles. The number of nitrogens with two attached hydrogens (primary N) is 1. The van der Waals surface area contributed by atoms with Crippen molar-refractivity contribution in [1.29, 1.82) is 0 Å². The van der Waals surface area contributed by atoms with Crippen molar-refractivity contribution >= 4 is 28.3 Å². The van der Waals surface area contributed by atoms with Crippen LogP contribution in [0.4, 0.5) is 11.4 Å². The number of hydrogen-bond donors (Lipinski definition) is 2. The van der Waals surface area contributed by atoms with E-state index in [1.807, 2.05) is 57.7 Å². The summed E-state index contributed by atoms with van der Waals surface area (Å²) in [6.07, 6.45) is 2.11.